The van der Waals surface area contributed by atoms with E-state index in [-0.39, 0.29) is 24.1 Å². The molecular weight excluding hydrogens is 336 g/mol. The van der Waals surface area contributed by atoms with E-state index in [4.69, 9.17) is 0 Å². The van der Waals surface area contributed by atoms with Gasteiger partial charge in [-0.1, -0.05) is 12.1 Å². The molecule has 1 saturated heterocycles. The van der Waals surface area contributed by atoms with Crippen molar-refractivity contribution in [2.75, 3.05) is 26.7 Å². The lowest BCUT2D eigenvalue weighted by Gasteiger charge is -2.17. The number of aryl methyl sites for hydroxylation is 2. The van der Waals surface area contributed by atoms with Gasteiger partial charge in [0.2, 0.25) is 5.91 Å². The van der Waals surface area contributed by atoms with Crippen molar-refractivity contribution >= 4 is 24.1 Å². The Morgan fingerprint density at radius 1 is 1.16 bits per heavy atom. The molecule has 1 aromatic carbocycles. The molecule has 1 heterocycles. The summed E-state index contributed by atoms with van der Waals surface area (Å²) in [6, 6.07) is 6.10. The van der Waals surface area contributed by atoms with Crippen molar-refractivity contribution in [1.82, 2.24) is 10.2 Å². The first-order chi connectivity index (χ1) is 11.7. The van der Waals surface area contributed by atoms with Gasteiger partial charge in [0.25, 0.3) is 0 Å². The van der Waals surface area contributed by atoms with E-state index < -0.39 is 0 Å². The van der Waals surface area contributed by atoms with E-state index in [2.05, 4.69) is 17.4 Å². The molecule has 1 fully saturated rings. The van der Waals surface area contributed by atoms with Crippen molar-refractivity contribution in [2.45, 2.75) is 44.9 Å². The van der Waals surface area contributed by atoms with Crippen LogP contribution in [0, 0.1) is 5.92 Å². The van der Waals surface area contributed by atoms with Gasteiger partial charge in [0.1, 0.15) is 0 Å². The van der Waals surface area contributed by atoms with Gasteiger partial charge < -0.3 is 10.2 Å². The summed E-state index contributed by atoms with van der Waals surface area (Å²) in [4.78, 5) is 26.7. The van der Waals surface area contributed by atoms with Gasteiger partial charge in [-0.15, -0.1) is 12.4 Å². The van der Waals surface area contributed by atoms with Crippen molar-refractivity contribution in [3.63, 3.8) is 0 Å². The van der Waals surface area contributed by atoms with E-state index in [0.717, 1.165) is 44.5 Å². The molecule has 2 aliphatic rings. The number of hydrogen-bond donors (Lipinski definition) is 1. The third-order valence-corrected chi connectivity index (χ3v) is 5.37. The predicted octanol–water partition coefficient (Wildman–Crippen LogP) is 3.02. The lowest BCUT2D eigenvalue weighted by Crippen LogP contribution is -2.30. The number of hydrogen-bond acceptors (Lipinski definition) is 3. The van der Waals surface area contributed by atoms with E-state index in [1.54, 1.807) is 0 Å². The molecule has 25 heavy (non-hydrogen) atoms. The zero-order valence-electron chi connectivity index (χ0n) is 15.1. The van der Waals surface area contributed by atoms with Crippen molar-refractivity contribution in [3.05, 3.63) is 34.9 Å². The Morgan fingerprint density at radius 2 is 1.92 bits per heavy atom. The summed E-state index contributed by atoms with van der Waals surface area (Å²) in [5, 5.41) is 3.17. The second-order valence-corrected chi connectivity index (χ2v) is 7.17. The summed E-state index contributed by atoms with van der Waals surface area (Å²) in [5.41, 5.74) is 3.49. The maximum atomic E-state index is 12.4. The highest BCUT2D eigenvalue weighted by Gasteiger charge is 2.25. The van der Waals surface area contributed by atoms with Gasteiger partial charge in [0.05, 0.1) is 0 Å². The average Bonchev–Trinajstić information content (AvgIpc) is 3.08. The Kier molecular flexibility index (Phi) is 7.45. The fraction of sp³-hybridized carbons (Fsp3) is 0.600. The normalized spacial score (nSPS) is 19.2. The number of ketones is 1. The van der Waals surface area contributed by atoms with Crippen LogP contribution in [0.15, 0.2) is 18.2 Å². The Bertz CT molecular complexity index is 618. The number of halogens is 1. The Balaban J connectivity index is 0.00000225. The smallest absolute Gasteiger partial charge is 0.223 e. The van der Waals surface area contributed by atoms with Gasteiger partial charge in [0.15, 0.2) is 5.78 Å². The highest BCUT2D eigenvalue weighted by molar-refractivity contribution is 5.98. The number of likely N-dealkylation sites (tertiary alicyclic amines) is 1. The molecule has 3 rings (SSSR count). The number of benzene rings is 1. The molecule has 1 amide bonds. The molecule has 0 saturated carbocycles. The van der Waals surface area contributed by atoms with Crippen LogP contribution in [-0.2, 0) is 17.6 Å². The van der Waals surface area contributed by atoms with Gasteiger partial charge in [-0.3, -0.25) is 9.59 Å². The van der Waals surface area contributed by atoms with Crippen LogP contribution in [0.3, 0.4) is 0 Å². The monoisotopic (exact) mass is 364 g/mol. The maximum absolute atomic E-state index is 12.4. The van der Waals surface area contributed by atoms with Crippen LogP contribution in [0.5, 0.6) is 0 Å². The van der Waals surface area contributed by atoms with E-state index in [1.807, 2.05) is 18.0 Å². The van der Waals surface area contributed by atoms with Crippen molar-refractivity contribution in [1.29, 1.82) is 0 Å². The van der Waals surface area contributed by atoms with Gasteiger partial charge in [0, 0.05) is 31.5 Å². The Morgan fingerprint density at radius 3 is 2.68 bits per heavy atom. The third-order valence-electron chi connectivity index (χ3n) is 5.37. The van der Waals surface area contributed by atoms with Crippen LogP contribution in [0.2, 0.25) is 0 Å². The molecule has 1 N–H and O–H groups in total. The number of nitrogens with zero attached hydrogens (tertiary/aromatic N) is 1. The number of fused-ring (bicyclic) bond motifs is 1. The Labute approximate surface area is 156 Å². The standard InChI is InChI=1S/C20H28N2O2.ClH/c1-21-13-15-10-11-22(14-15)20(24)9-8-19(23)18-7-6-16-4-2-3-5-17(16)12-18;/h6-7,12,15,21H,2-5,8-11,13-14H2,1H3;1H. The maximum Gasteiger partial charge on any atom is 0.223 e. The highest BCUT2D eigenvalue weighted by atomic mass is 35.5. The first-order valence-electron chi connectivity index (χ1n) is 9.24. The molecule has 1 aliphatic heterocycles. The number of Topliss-reactive ketones (excluding diaryl/α,β-unsaturated/α-hetero) is 1. The number of rotatable bonds is 6. The van der Waals surface area contributed by atoms with Crippen molar-refractivity contribution in [3.8, 4) is 0 Å². The molecule has 138 valence electrons. The number of carbonyl (C=O) groups is 2. The van der Waals surface area contributed by atoms with Gasteiger partial charge in [-0.2, -0.15) is 0 Å². The Hall–Kier alpha value is -1.39. The average molecular weight is 365 g/mol. The molecule has 0 spiro atoms. The zero-order chi connectivity index (χ0) is 16.9. The lowest BCUT2D eigenvalue weighted by molar-refractivity contribution is -0.130. The lowest BCUT2D eigenvalue weighted by atomic mass is 9.89. The number of nitrogens with one attached hydrogen (secondary N) is 1. The van der Waals surface area contributed by atoms with Gasteiger partial charge >= 0.3 is 0 Å². The van der Waals surface area contributed by atoms with E-state index in [1.165, 1.54) is 24.0 Å². The summed E-state index contributed by atoms with van der Waals surface area (Å²) in [5.74, 6) is 0.776. The minimum absolute atomic E-state index is 0. The quantitative estimate of drug-likeness (QED) is 0.789. The molecule has 1 aromatic rings. The van der Waals surface area contributed by atoms with Gasteiger partial charge in [-0.25, -0.2) is 0 Å². The van der Waals surface area contributed by atoms with Crippen LogP contribution >= 0.6 is 12.4 Å². The van der Waals surface area contributed by atoms with Gasteiger partial charge in [-0.05, 0) is 68.8 Å². The van der Waals surface area contributed by atoms with Crippen LogP contribution in [-0.4, -0.2) is 43.3 Å². The first-order valence-corrected chi connectivity index (χ1v) is 9.24. The SMILES string of the molecule is CNCC1CCN(C(=O)CCC(=O)c2ccc3c(c2)CCCC3)C1.Cl. The van der Waals surface area contributed by atoms with E-state index >= 15 is 0 Å². The number of amides is 1. The first kappa shape index (κ1) is 19.9. The summed E-state index contributed by atoms with van der Waals surface area (Å²) >= 11 is 0. The molecule has 1 unspecified atom stereocenters. The molecule has 1 atom stereocenters. The van der Waals surface area contributed by atoms with Crippen LogP contribution in [0.4, 0.5) is 0 Å². The fourth-order valence-electron chi connectivity index (χ4n) is 3.94. The summed E-state index contributed by atoms with van der Waals surface area (Å²) in [6.07, 6.45) is 6.39. The van der Waals surface area contributed by atoms with Crippen LogP contribution < -0.4 is 5.32 Å². The second kappa shape index (κ2) is 9.35. The van der Waals surface area contributed by atoms with Crippen molar-refractivity contribution < 1.29 is 9.59 Å². The minimum Gasteiger partial charge on any atom is -0.342 e. The predicted molar refractivity (Wildman–Crippen MR) is 103 cm³/mol. The third kappa shape index (κ3) is 5.05. The van der Waals surface area contributed by atoms with Crippen molar-refractivity contribution in [2.24, 2.45) is 5.92 Å². The molecule has 0 bridgehead atoms. The molecular formula is C20H29ClN2O2. The summed E-state index contributed by atoms with van der Waals surface area (Å²) in [6.45, 7) is 2.61. The summed E-state index contributed by atoms with van der Waals surface area (Å²) in [7, 11) is 1.95. The highest BCUT2D eigenvalue weighted by Crippen LogP contribution is 2.23. The zero-order valence-corrected chi connectivity index (χ0v) is 15.9. The minimum atomic E-state index is 0. The molecule has 4 nitrogen and oxygen atoms in total. The molecule has 1 aliphatic carbocycles. The van der Waals surface area contributed by atoms with E-state index in [0.29, 0.717) is 18.8 Å². The number of carbonyl (C=O) groups excluding carboxylic acids is 2. The molecule has 0 aromatic heterocycles. The largest absolute Gasteiger partial charge is 0.342 e. The van der Waals surface area contributed by atoms with Crippen LogP contribution in [0.1, 0.15) is 53.6 Å². The second-order valence-electron chi connectivity index (χ2n) is 7.17. The molecule has 5 heteroatoms. The van der Waals surface area contributed by atoms with E-state index in [9.17, 15) is 9.59 Å². The molecule has 0 radical (unpaired) electrons. The summed E-state index contributed by atoms with van der Waals surface area (Å²) < 4.78 is 0. The van der Waals surface area contributed by atoms with Crippen LogP contribution in [0.25, 0.3) is 0 Å². The fourth-order valence-corrected chi connectivity index (χ4v) is 3.94. The topological polar surface area (TPSA) is 49.4 Å².